The molecule has 1 aromatic heterocycles. The number of carbonyl (C=O) groups excluding carboxylic acids is 1. The molecule has 0 aliphatic carbocycles. The van der Waals surface area contributed by atoms with Crippen LogP contribution in [0.2, 0.25) is 0 Å². The van der Waals surface area contributed by atoms with Crippen molar-refractivity contribution in [1.82, 2.24) is 4.98 Å². The van der Waals surface area contributed by atoms with Gasteiger partial charge < -0.3 is 15.8 Å². The molecule has 0 saturated heterocycles. The maximum Gasteiger partial charge on any atom is 0.255 e. The van der Waals surface area contributed by atoms with Crippen LogP contribution < -0.4 is 15.8 Å². The maximum atomic E-state index is 12.2. The van der Waals surface area contributed by atoms with E-state index in [4.69, 9.17) is 10.5 Å². The first-order valence-corrected chi connectivity index (χ1v) is 6.35. The summed E-state index contributed by atoms with van der Waals surface area (Å²) in [6, 6.07) is 10.4. The SMILES string of the molecule is CC(C)Oc1ccccc1NC(=O)c1ccnc(N)c1. The molecule has 1 aromatic carbocycles. The number of anilines is 2. The zero-order valence-corrected chi connectivity index (χ0v) is 11.5. The number of ether oxygens (including phenoxy) is 1. The van der Waals surface area contributed by atoms with E-state index < -0.39 is 0 Å². The summed E-state index contributed by atoms with van der Waals surface area (Å²) in [6.07, 6.45) is 1.53. The number of nitrogen functional groups attached to an aromatic ring is 1. The molecule has 5 heteroatoms. The van der Waals surface area contributed by atoms with Crippen molar-refractivity contribution in [2.75, 3.05) is 11.1 Å². The first-order chi connectivity index (χ1) is 9.56. The molecule has 2 aromatic rings. The quantitative estimate of drug-likeness (QED) is 0.896. The third-order valence-corrected chi connectivity index (χ3v) is 2.54. The number of hydrogen-bond donors (Lipinski definition) is 2. The van der Waals surface area contributed by atoms with E-state index in [1.54, 1.807) is 12.1 Å². The van der Waals surface area contributed by atoms with Crippen LogP contribution in [-0.4, -0.2) is 17.0 Å². The fraction of sp³-hybridized carbons (Fsp3) is 0.200. The molecule has 104 valence electrons. The number of pyridine rings is 1. The molecule has 0 spiro atoms. The second-order valence-electron chi connectivity index (χ2n) is 4.59. The number of benzene rings is 1. The highest BCUT2D eigenvalue weighted by Gasteiger charge is 2.10. The topological polar surface area (TPSA) is 77.2 Å². The highest BCUT2D eigenvalue weighted by Crippen LogP contribution is 2.25. The molecule has 20 heavy (non-hydrogen) atoms. The van der Waals surface area contributed by atoms with Crippen LogP contribution in [0.25, 0.3) is 0 Å². The zero-order valence-electron chi connectivity index (χ0n) is 11.5. The van der Waals surface area contributed by atoms with Crippen LogP contribution in [0, 0.1) is 0 Å². The van der Waals surface area contributed by atoms with E-state index in [2.05, 4.69) is 10.3 Å². The van der Waals surface area contributed by atoms with Gasteiger partial charge in [-0.25, -0.2) is 4.98 Å². The van der Waals surface area contributed by atoms with E-state index in [1.807, 2.05) is 32.0 Å². The summed E-state index contributed by atoms with van der Waals surface area (Å²) in [5.41, 5.74) is 6.65. The maximum absolute atomic E-state index is 12.2. The van der Waals surface area contributed by atoms with Gasteiger partial charge in [0, 0.05) is 11.8 Å². The lowest BCUT2D eigenvalue weighted by Crippen LogP contribution is -2.14. The molecule has 0 atom stereocenters. The summed E-state index contributed by atoms with van der Waals surface area (Å²) < 4.78 is 5.65. The Morgan fingerprint density at radius 1 is 1.30 bits per heavy atom. The van der Waals surface area contributed by atoms with Crippen molar-refractivity contribution in [1.29, 1.82) is 0 Å². The summed E-state index contributed by atoms with van der Waals surface area (Å²) in [4.78, 5) is 16.0. The van der Waals surface area contributed by atoms with Gasteiger partial charge in [-0.3, -0.25) is 4.79 Å². The minimum absolute atomic E-state index is 0.0321. The number of rotatable bonds is 4. The van der Waals surface area contributed by atoms with Gasteiger partial charge in [0.15, 0.2) is 0 Å². The van der Waals surface area contributed by atoms with Crippen LogP contribution in [0.5, 0.6) is 5.75 Å². The molecule has 1 heterocycles. The summed E-state index contributed by atoms with van der Waals surface area (Å²) in [6.45, 7) is 3.87. The van der Waals surface area contributed by atoms with Gasteiger partial charge in [-0.1, -0.05) is 12.1 Å². The summed E-state index contributed by atoms with van der Waals surface area (Å²) in [7, 11) is 0. The van der Waals surface area contributed by atoms with Crippen LogP contribution in [0.15, 0.2) is 42.6 Å². The van der Waals surface area contributed by atoms with Crippen LogP contribution in [-0.2, 0) is 0 Å². The number of amides is 1. The van der Waals surface area contributed by atoms with Crippen LogP contribution in [0.1, 0.15) is 24.2 Å². The van der Waals surface area contributed by atoms with E-state index in [0.717, 1.165) is 0 Å². The Hall–Kier alpha value is -2.56. The van der Waals surface area contributed by atoms with Crippen LogP contribution >= 0.6 is 0 Å². The predicted octanol–water partition coefficient (Wildman–Crippen LogP) is 2.70. The third-order valence-electron chi connectivity index (χ3n) is 2.54. The average molecular weight is 271 g/mol. The predicted molar refractivity (Wildman–Crippen MR) is 78.8 cm³/mol. The molecular formula is C15H17N3O2. The number of para-hydroxylation sites is 2. The van der Waals surface area contributed by atoms with Crippen molar-refractivity contribution in [3.05, 3.63) is 48.2 Å². The molecule has 0 saturated carbocycles. The van der Waals surface area contributed by atoms with Gasteiger partial charge in [-0.15, -0.1) is 0 Å². The van der Waals surface area contributed by atoms with E-state index in [0.29, 0.717) is 22.8 Å². The zero-order chi connectivity index (χ0) is 14.5. The monoisotopic (exact) mass is 271 g/mol. The molecule has 0 fully saturated rings. The van der Waals surface area contributed by atoms with Gasteiger partial charge in [-0.2, -0.15) is 0 Å². The van der Waals surface area contributed by atoms with Crippen LogP contribution in [0.3, 0.4) is 0 Å². The van der Waals surface area contributed by atoms with Gasteiger partial charge in [-0.05, 0) is 38.1 Å². The second kappa shape index (κ2) is 6.06. The normalized spacial score (nSPS) is 10.3. The minimum Gasteiger partial charge on any atom is -0.489 e. The number of nitrogens with zero attached hydrogens (tertiary/aromatic N) is 1. The molecule has 0 unspecified atom stereocenters. The van der Waals surface area contributed by atoms with Gasteiger partial charge >= 0.3 is 0 Å². The van der Waals surface area contributed by atoms with Crippen molar-refractivity contribution in [2.24, 2.45) is 0 Å². The highest BCUT2D eigenvalue weighted by molar-refractivity contribution is 6.05. The van der Waals surface area contributed by atoms with Gasteiger partial charge in [0.2, 0.25) is 0 Å². The molecule has 1 amide bonds. The van der Waals surface area contributed by atoms with Crippen molar-refractivity contribution < 1.29 is 9.53 Å². The summed E-state index contributed by atoms with van der Waals surface area (Å²) >= 11 is 0. The summed E-state index contributed by atoms with van der Waals surface area (Å²) in [5.74, 6) is 0.696. The van der Waals surface area contributed by atoms with E-state index in [1.165, 1.54) is 12.3 Å². The Morgan fingerprint density at radius 2 is 2.05 bits per heavy atom. The molecule has 5 nitrogen and oxygen atoms in total. The molecule has 2 rings (SSSR count). The molecule has 0 aliphatic heterocycles. The Morgan fingerprint density at radius 3 is 2.75 bits per heavy atom. The first kappa shape index (κ1) is 13.9. The lowest BCUT2D eigenvalue weighted by Gasteiger charge is -2.14. The lowest BCUT2D eigenvalue weighted by molar-refractivity contribution is 0.102. The van der Waals surface area contributed by atoms with Crippen molar-refractivity contribution in [3.63, 3.8) is 0 Å². The van der Waals surface area contributed by atoms with Crippen molar-refractivity contribution in [3.8, 4) is 5.75 Å². The Balaban J connectivity index is 2.19. The first-order valence-electron chi connectivity index (χ1n) is 6.35. The van der Waals surface area contributed by atoms with Crippen LogP contribution in [0.4, 0.5) is 11.5 Å². The fourth-order valence-corrected chi connectivity index (χ4v) is 1.71. The summed E-state index contributed by atoms with van der Waals surface area (Å²) in [5, 5.41) is 2.81. The molecule has 0 aliphatic rings. The standard InChI is InChI=1S/C15H17N3O2/c1-10(2)20-13-6-4-3-5-12(13)18-15(19)11-7-8-17-14(16)9-11/h3-10H,1-2H3,(H2,16,17)(H,18,19). The Bertz CT molecular complexity index is 612. The number of carbonyl (C=O) groups is 1. The second-order valence-corrected chi connectivity index (χ2v) is 4.59. The Labute approximate surface area is 117 Å². The lowest BCUT2D eigenvalue weighted by atomic mass is 10.2. The smallest absolute Gasteiger partial charge is 0.255 e. The molecule has 0 radical (unpaired) electrons. The Kier molecular flexibility index (Phi) is 4.20. The number of nitrogens with one attached hydrogen (secondary N) is 1. The van der Waals surface area contributed by atoms with E-state index in [-0.39, 0.29) is 12.0 Å². The number of nitrogens with two attached hydrogens (primary N) is 1. The van der Waals surface area contributed by atoms with Crippen molar-refractivity contribution >= 4 is 17.4 Å². The van der Waals surface area contributed by atoms with E-state index in [9.17, 15) is 4.79 Å². The van der Waals surface area contributed by atoms with Gasteiger partial charge in [0.05, 0.1) is 11.8 Å². The number of aromatic nitrogens is 1. The fourth-order valence-electron chi connectivity index (χ4n) is 1.71. The van der Waals surface area contributed by atoms with Crippen molar-refractivity contribution in [2.45, 2.75) is 20.0 Å². The van der Waals surface area contributed by atoms with E-state index >= 15 is 0 Å². The largest absolute Gasteiger partial charge is 0.489 e. The highest BCUT2D eigenvalue weighted by atomic mass is 16.5. The molecule has 0 bridgehead atoms. The number of hydrogen-bond acceptors (Lipinski definition) is 4. The molecule has 3 N–H and O–H groups in total. The van der Waals surface area contributed by atoms with Gasteiger partial charge in [0.25, 0.3) is 5.91 Å². The third kappa shape index (κ3) is 3.47. The minimum atomic E-state index is -0.251. The molecular weight excluding hydrogens is 254 g/mol. The average Bonchev–Trinajstić information content (AvgIpc) is 2.40. The van der Waals surface area contributed by atoms with Gasteiger partial charge in [0.1, 0.15) is 11.6 Å².